The summed E-state index contributed by atoms with van der Waals surface area (Å²) in [6.07, 6.45) is 7.33. The highest BCUT2D eigenvalue weighted by Crippen LogP contribution is 2.57. The van der Waals surface area contributed by atoms with Crippen LogP contribution in [0.4, 0.5) is 4.79 Å². The summed E-state index contributed by atoms with van der Waals surface area (Å²) in [4.78, 5) is 24.5. The third-order valence-corrected chi connectivity index (χ3v) is 5.41. The fourth-order valence-corrected chi connectivity index (χ4v) is 4.96. The summed E-state index contributed by atoms with van der Waals surface area (Å²) in [5.74, 6) is 1.34. The number of nitrogens with one attached hydrogen (secondary N) is 1. The average molecular weight is 266 g/mol. The van der Waals surface area contributed by atoms with Crippen LogP contribution < -0.4 is 5.32 Å². The van der Waals surface area contributed by atoms with Gasteiger partial charge in [0.15, 0.2) is 0 Å². The Kier molecular flexibility index (Phi) is 2.95. The maximum Gasteiger partial charge on any atom is 0.323 e. The SMILES string of the molecule is CN(C(=O)NCC(=O)O)C12CC3CC(CC(C3)C1)C2. The number of carbonyl (C=O) groups excluding carboxylic acids is 1. The van der Waals surface area contributed by atoms with Gasteiger partial charge >= 0.3 is 12.0 Å². The molecule has 0 aromatic carbocycles. The first-order chi connectivity index (χ1) is 8.98. The van der Waals surface area contributed by atoms with E-state index in [-0.39, 0.29) is 18.1 Å². The molecule has 5 nitrogen and oxygen atoms in total. The van der Waals surface area contributed by atoms with Crippen LogP contribution in [0.25, 0.3) is 0 Å². The maximum absolute atomic E-state index is 12.1. The molecule has 5 heteroatoms. The molecule has 4 aliphatic carbocycles. The van der Waals surface area contributed by atoms with Crippen molar-refractivity contribution in [1.82, 2.24) is 10.2 Å². The van der Waals surface area contributed by atoms with Crippen molar-refractivity contribution in [3.05, 3.63) is 0 Å². The minimum absolute atomic E-state index is 0.00264. The van der Waals surface area contributed by atoms with Crippen molar-refractivity contribution < 1.29 is 14.7 Å². The Morgan fingerprint density at radius 1 is 1.16 bits per heavy atom. The Bertz CT molecular complexity index is 372. The minimum Gasteiger partial charge on any atom is -0.480 e. The van der Waals surface area contributed by atoms with Crippen molar-refractivity contribution in [2.45, 2.75) is 44.1 Å². The van der Waals surface area contributed by atoms with Gasteiger partial charge in [0.05, 0.1) is 0 Å². The number of aliphatic carboxylic acids is 1. The molecule has 4 aliphatic rings. The van der Waals surface area contributed by atoms with Gasteiger partial charge in [-0.25, -0.2) is 4.79 Å². The molecule has 0 radical (unpaired) electrons. The van der Waals surface area contributed by atoms with Gasteiger partial charge in [0.25, 0.3) is 0 Å². The van der Waals surface area contributed by atoms with Crippen LogP contribution in [0.2, 0.25) is 0 Å². The summed E-state index contributed by atoms with van der Waals surface area (Å²) >= 11 is 0. The van der Waals surface area contributed by atoms with Gasteiger partial charge in [-0.2, -0.15) is 0 Å². The van der Waals surface area contributed by atoms with Crippen molar-refractivity contribution >= 4 is 12.0 Å². The van der Waals surface area contributed by atoms with E-state index in [4.69, 9.17) is 5.11 Å². The Morgan fingerprint density at radius 2 is 1.63 bits per heavy atom. The summed E-state index contributed by atoms with van der Waals surface area (Å²) in [5.41, 5.74) is -0.00264. The van der Waals surface area contributed by atoms with Crippen molar-refractivity contribution in [2.75, 3.05) is 13.6 Å². The molecule has 0 heterocycles. The first-order valence-electron chi connectivity index (χ1n) is 7.22. The van der Waals surface area contributed by atoms with E-state index < -0.39 is 5.97 Å². The van der Waals surface area contributed by atoms with Crippen LogP contribution in [0.5, 0.6) is 0 Å². The van der Waals surface area contributed by atoms with Crippen LogP contribution in [0, 0.1) is 17.8 Å². The molecule has 2 amide bonds. The molecule has 4 rings (SSSR count). The lowest BCUT2D eigenvalue weighted by atomic mass is 9.52. The topological polar surface area (TPSA) is 69.6 Å². The van der Waals surface area contributed by atoms with E-state index in [0.29, 0.717) is 0 Å². The molecular weight excluding hydrogens is 244 g/mol. The zero-order valence-electron chi connectivity index (χ0n) is 11.4. The number of carbonyl (C=O) groups is 2. The van der Waals surface area contributed by atoms with Crippen molar-refractivity contribution in [3.8, 4) is 0 Å². The summed E-state index contributed by atoms with van der Waals surface area (Å²) in [6.45, 7) is -0.296. The van der Waals surface area contributed by atoms with Gasteiger partial charge in [-0.1, -0.05) is 0 Å². The third-order valence-electron chi connectivity index (χ3n) is 5.41. The number of carboxylic acids is 1. The van der Waals surface area contributed by atoms with Gasteiger partial charge in [0.2, 0.25) is 0 Å². The zero-order valence-corrected chi connectivity index (χ0v) is 11.4. The number of amides is 2. The van der Waals surface area contributed by atoms with E-state index in [2.05, 4.69) is 5.32 Å². The van der Waals surface area contributed by atoms with Gasteiger partial charge in [-0.3, -0.25) is 4.79 Å². The van der Waals surface area contributed by atoms with Gasteiger partial charge in [-0.15, -0.1) is 0 Å². The quantitative estimate of drug-likeness (QED) is 0.816. The van der Waals surface area contributed by atoms with Gasteiger partial charge < -0.3 is 15.3 Å². The van der Waals surface area contributed by atoms with E-state index >= 15 is 0 Å². The van der Waals surface area contributed by atoms with Gasteiger partial charge in [-0.05, 0) is 56.3 Å². The van der Waals surface area contributed by atoms with E-state index in [1.54, 1.807) is 4.90 Å². The number of carboxylic acid groups (broad SMARTS) is 1. The van der Waals surface area contributed by atoms with Crippen LogP contribution in [-0.2, 0) is 4.79 Å². The van der Waals surface area contributed by atoms with Crippen LogP contribution in [0.15, 0.2) is 0 Å². The van der Waals surface area contributed by atoms with Crippen LogP contribution >= 0.6 is 0 Å². The van der Waals surface area contributed by atoms with E-state index in [0.717, 1.165) is 37.0 Å². The molecule has 0 atom stereocenters. The second kappa shape index (κ2) is 4.39. The maximum atomic E-state index is 12.1. The summed E-state index contributed by atoms with van der Waals surface area (Å²) in [5, 5.41) is 11.1. The number of hydrogen-bond acceptors (Lipinski definition) is 2. The highest BCUT2D eigenvalue weighted by atomic mass is 16.4. The smallest absolute Gasteiger partial charge is 0.323 e. The molecule has 4 bridgehead atoms. The fourth-order valence-electron chi connectivity index (χ4n) is 4.96. The van der Waals surface area contributed by atoms with Crippen LogP contribution in [0.1, 0.15) is 38.5 Å². The Labute approximate surface area is 113 Å². The summed E-state index contributed by atoms with van der Waals surface area (Å²) in [6, 6.07) is -0.232. The molecular formula is C14H22N2O3. The highest BCUT2D eigenvalue weighted by Gasteiger charge is 2.53. The number of urea groups is 1. The lowest BCUT2D eigenvalue weighted by Crippen LogP contribution is -2.62. The van der Waals surface area contributed by atoms with Crippen LogP contribution in [-0.4, -0.2) is 41.1 Å². The van der Waals surface area contributed by atoms with Crippen molar-refractivity contribution in [2.24, 2.45) is 17.8 Å². The van der Waals surface area contributed by atoms with Crippen molar-refractivity contribution in [3.63, 3.8) is 0 Å². The molecule has 2 N–H and O–H groups in total. The van der Waals surface area contributed by atoms with E-state index in [9.17, 15) is 9.59 Å². The lowest BCUT2D eigenvalue weighted by Gasteiger charge is -2.59. The molecule has 0 aromatic heterocycles. The average Bonchev–Trinajstić information content (AvgIpc) is 2.33. The molecule has 19 heavy (non-hydrogen) atoms. The lowest BCUT2D eigenvalue weighted by molar-refractivity contribution is -0.135. The van der Waals surface area contributed by atoms with Crippen LogP contribution in [0.3, 0.4) is 0 Å². The molecule has 4 saturated carbocycles. The zero-order chi connectivity index (χ0) is 13.6. The highest BCUT2D eigenvalue weighted by molar-refractivity contribution is 5.80. The van der Waals surface area contributed by atoms with Gasteiger partial charge in [0.1, 0.15) is 6.54 Å². The molecule has 0 aliphatic heterocycles. The Balaban J connectivity index is 1.70. The second-order valence-electron chi connectivity index (χ2n) is 6.75. The minimum atomic E-state index is -0.993. The molecule has 0 unspecified atom stereocenters. The van der Waals surface area contributed by atoms with E-state index in [1.807, 2.05) is 7.05 Å². The fraction of sp³-hybridized carbons (Fsp3) is 0.857. The predicted molar refractivity (Wildman–Crippen MR) is 69.7 cm³/mol. The number of hydrogen-bond donors (Lipinski definition) is 2. The standard InChI is InChI=1S/C14H22N2O3/c1-16(13(19)15-8-12(17)18)14-5-9-2-10(6-14)4-11(3-9)7-14/h9-11H,2-8H2,1H3,(H,15,19)(H,17,18). The predicted octanol–water partition coefficient (Wildman–Crippen LogP) is 1.68. The Hall–Kier alpha value is -1.26. The van der Waals surface area contributed by atoms with Gasteiger partial charge in [0, 0.05) is 12.6 Å². The normalized spacial score (nSPS) is 39.1. The first kappa shape index (κ1) is 12.8. The second-order valence-corrected chi connectivity index (χ2v) is 6.75. The molecule has 0 spiro atoms. The largest absolute Gasteiger partial charge is 0.480 e. The number of rotatable bonds is 3. The first-order valence-corrected chi connectivity index (χ1v) is 7.22. The molecule has 4 fully saturated rings. The van der Waals surface area contributed by atoms with Crippen molar-refractivity contribution in [1.29, 1.82) is 0 Å². The number of nitrogens with zero attached hydrogens (tertiary/aromatic N) is 1. The molecule has 0 saturated heterocycles. The molecule has 0 aromatic rings. The summed E-state index contributed by atoms with van der Waals surface area (Å²) in [7, 11) is 1.84. The summed E-state index contributed by atoms with van der Waals surface area (Å²) < 4.78 is 0. The molecule has 106 valence electrons. The van der Waals surface area contributed by atoms with E-state index in [1.165, 1.54) is 19.3 Å². The Morgan fingerprint density at radius 3 is 2.05 bits per heavy atom. The monoisotopic (exact) mass is 266 g/mol. The third kappa shape index (κ3) is 2.19.